The van der Waals surface area contributed by atoms with E-state index in [0.717, 1.165) is 13.0 Å². The number of rotatable bonds is 6. The summed E-state index contributed by atoms with van der Waals surface area (Å²) in [6.07, 6.45) is 1.05. The second-order valence-corrected chi connectivity index (χ2v) is 5.96. The first-order valence-electron chi connectivity index (χ1n) is 4.86. The molecule has 0 heterocycles. The van der Waals surface area contributed by atoms with Gasteiger partial charge in [-0.2, -0.15) is 8.42 Å². The quantitative estimate of drug-likeness (QED) is 0.666. The van der Waals surface area contributed by atoms with Crippen LogP contribution < -0.4 is 5.32 Å². The first kappa shape index (κ1) is 13.9. The van der Waals surface area contributed by atoms with Gasteiger partial charge in [0, 0.05) is 5.54 Å². The predicted octanol–water partition coefficient (Wildman–Crippen LogP) is 1.29. The summed E-state index contributed by atoms with van der Waals surface area (Å²) in [5.41, 5.74) is -0.572. The molecule has 0 spiro atoms. The molecule has 86 valence electrons. The zero-order valence-corrected chi connectivity index (χ0v) is 10.2. The Labute approximate surface area is 86.8 Å². The van der Waals surface area contributed by atoms with Gasteiger partial charge in [-0.25, -0.2) is 0 Å². The fourth-order valence-corrected chi connectivity index (χ4v) is 2.12. The molecule has 1 unspecified atom stereocenters. The van der Waals surface area contributed by atoms with Crippen LogP contribution >= 0.6 is 0 Å². The molecule has 0 aromatic rings. The molecule has 0 radical (unpaired) electrons. The predicted molar refractivity (Wildman–Crippen MR) is 58.0 cm³/mol. The van der Waals surface area contributed by atoms with E-state index in [1.54, 1.807) is 13.8 Å². The van der Waals surface area contributed by atoms with E-state index in [4.69, 9.17) is 4.55 Å². The number of nitrogens with one attached hydrogen (secondary N) is 1. The van der Waals surface area contributed by atoms with Crippen LogP contribution in [0.3, 0.4) is 0 Å². The topological polar surface area (TPSA) is 66.4 Å². The number of hydrogen-bond acceptors (Lipinski definition) is 3. The highest BCUT2D eigenvalue weighted by Gasteiger charge is 2.24. The molecular formula is C9H21NO3S. The van der Waals surface area contributed by atoms with Gasteiger partial charge in [0.1, 0.15) is 0 Å². The second-order valence-electron chi connectivity index (χ2n) is 4.50. The van der Waals surface area contributed by atoms with Crippen LogP contribution in [0.1, 0.15) is 34.1 Å². The van der Waals surface area contributed by atoms with Gasteiger partial charge in [-0.1, -0.05) is 20.3 Å². The van der Waals surface area contributed by atoms with E-state index < -0.39 is 15.7 Å². The summed E-state index contributed by atoms with van der Waals surface area (Å²) in [5, 5.41) is 3.13. The molecule has 14 heavy (non-hydrogen) atoms. The van der Waals surface area contributed by atoms with Crippen LogP contribution in [0.5, 0.6) is 0 Å². The maximum absolute atomic E-state index is 10.7. The molecule has 2 N–H and O–H groups in total. The van der Waals surface area contributed by atoms with Crippen LogP contribution in [0.2, 0.25) is 0 Å². The van der Waals surface area contributed by atoms with Gasteiger partial charge >= 0.3 is 0 Å². The van der Waals surface area contributed by atoms with Gasteiger partial charge in [-0.15, -0.1) is 0 Å². The highest BCUT2D eigenvalue weighted by Crippen LogP contribution is 2.07. The Bertz CT molecular complexity index is 259. The lowest BCUT2D eigenvalue weighted by Crippen LogP contribution is -2.46. The molecule has 5 heteroatoms. The summed E-state index contributed by atoms with van der Waals surface area (Å²) < 4.78 is 30.1. The van der Waals surface area contributed by atoms with E-state index in [0.29, 0.717) is 5.92 Å². The van der Waals surface area contributed by atoms with Crippen molar-refractivity contribution < 1.29 is 13.0 Å². The van der Waals surface area contributed by atoms with Crippen molar-refractivity contribution in [2.24, 2.45) is 5.92 Å². The van der Waals surface area contributed by atoms with Crippen LogP contribution in [0.25, 0.3) is 0 Å². The maximum atomic E-state index is 10.7. The van der Waals surface area contributed by atoms with Gasteiger partial charge in [0.05, 0.1) is 5.75 Å². The SMILES string of the molecule is CCC(C)CNC(C)(C)CS(=O)(=O)O. The highest BCUT2D eigenvalue weighted by atomic mass is 32.2. The smallest absolute Gasteiger partial charge is 0.266 e. The van der Waals surface area contributed by atoms with Gasteiger partial charge in [-0.05, 0) is 26.3 Å². The molecule has 0 saturated heterocycles. The zero-order chi connectivity index (χ0) is 11.4. The van der Waals surface area contributed by atoms with Gasteiger partial charge in [0.2, 0.25) is 0 Å². The monoisotopic (exact) mass is 223 g/mol. The Morgan fingerprint density at radius 1 is 1.43 bits per heavy atom. The molecule has 1 atom stereocenters. The normalized spacial score (nSPS) is 15.5. The minimum absolute atomic E-state index is 0.254. The molecular weight excluding hydrogens is 202 g/mol. The Hall–Kier alpha value is -0.130. The molecule has 0 bridgehead atoms. The third-order valence-electron chi connectivity index (χ3n) is 2.17. The minimum Gasteiger partial charge on any atom is -0.310 e. The van der Waals surface area contributed by atoms with Crippen LogP contribution in [-0.2, 0) is 10.1 Å². The van der Waals surface area contributed by atoms with Gasteiger partial charge in [-0.3, -0.25) is 4.55 Å². The highest BCUT2D eigenvalue weighted by molar-refractivity contribution is 7.85. The fraction of sp³-hybridized carbons (Fsp3) is 1.00. The molecule has 0 rings (SSSR count). The third kappa shape index (κ3) is 7.29. The molecule has 0 saturated carbocycles. The average molecular weight is 223 g/mol. The van der Waals surface area contributed by atoms with Crippen molar-refractivity contribution in [2.45, 2.75) is 39.7 Å². The van der Waals surface area contributed by atoms with Crippen molar-refractivity contribution in [3.63, 3.8) is 0 Å². The number of hydrogen-bond donors (Lipinski definition) is 2. The summed E-state index contributed by atoms with van der Waals surface area (Å²) >= 11 is 0. The Morgan fingerprint density at radius 3 is 2.29 bits per heavy atom. The Morgan fingerprint density at radius 2 is 1.93 bits per heavy atom. The van der Waals surface area contributed by atoms with Crippen molar-refractivity contribution in [2.75, 3.05) is 12.3 Å². The van der Waals surface area contributed by atoms with Gasteiger partial charge in [0.15, 0.2) is 0 Å². The largest absolute Gasteiger partial charge is 0.310 e. The molecule has 0 aliphatic rings. The average Bonchev–Trinajstić information content (AvgIpc) is 1.96. The molecule has 0 aliphatic heterocycles. The van der Waals surface area contributed by atoms with E-state index in [-0.39, 0.29) is 5.75 Å². The van der Waals surface area contributed by atoms with E-state index >= 15 is 0 Å². The van der Waals surface area contributed by atoms with Crippen LogP contribution in [0.15, 0.2) is 0 Å². The van der Waals surface area contributed by atoms with E-state index in [1.807, 2.05) is 0 Å². The van der Waals surface area contributed by atoms with Gasteiger partial charge in [0.25, 0.3) is 10.1 Å². The van der Waals surface area contributed by atoms with Crippen LogP contribution in [0.4, 0.5) is 0 Å². The Balaban J connectivity index is 4.08. The summed E-state index contributed by atoms with van der Waals surface area (Å²) in [7, 11) is -3.90. The molecule has 0 aliphatic carbocycles. The van der Waals surface area contributed by atoms with Crippen LogP contribution in [0, 0.1) is 5.92 Å². The van der Waals surface area contributed by atoms with E-state index in [1.165, 1.54) is 0 Å². The van der Waals surface area contributed by atoms with Crippen molar-refractivity contribution in [1.29, 1.82) is 0 Å². The zero-order valence-electron chi connectivity index (χ0n) is 9.37. The second kappa shape index (κ2) is 5.09. The summed E-state index contributed by atoms with van der Waals surface area (Å²) in [6, 6.07) is 0. The summed E-state index contributed by atoms with van der Waals surface area (Å²) in [6.45, 7) is 8.48. The lowest BCUT2D eigenvalue weighted by Gasteiger charge is -2.26. The summed E-state index contributed by atoms with van der Waals surface area (Å²) in [5.74, 6) is 0.256. The molecule has 4 nitrogen and oxygen atoms in total. The van der Waals surface area contributed by atoms with Crippen molar-refractivity contribution in [1.82, 2.24) is 5.32 Å². The van der Waals surface area contributed by atoms with Crippen molar-refractivity contribution >= 4 is 10.1 Å². The van der Waals surface area contributed by atoms with Crippen LogP contribution in [-0.4, -0.2) is 30.8 Å². The third-order valence-corrected chi connectivity index (χ3v) is 3.26. The van der Waals surface area contributed by atoms with E-state index in [9.17, 15) is 8.42 Å². The van der Waals surface area contributed by atoms with Gasteiger partial charge < -0.3 is 5.32 Å². The maximum Gasteiger partial charge on any atom is 0.266 e. The standard InChI is InChI=1S/C9H21NO3S/c1-5-8(2)6-10-9(3,4)7-14(11,12)13/h8,10H,5-7H2,1-4H3,(H,11,12,13). The minimum atomic E-state index is -3.90. The van der Waals surface area contributed by atoms with Crippen molar-refractivity contribution in [3.05, 3.63) is 0 Å². The molecule has 0 amide bonds. The lowest BCUT2D eigenvalue weighted by molar-refractivity contribution is 0.368. The van der Waals surface area contributed by atoms with E-state index in [2.05, 4.69) is 19.2 Å². The summed E-state index contributed by atoms with van der Waals surface area (Å²) in [4.78, 5) is 0. The molecule has 0 aromatic carbocycles. The molecule has 0 aromatic heterocycles. The first-order chi connectivity index (χ1) is 6.16. The first-order valence-corrected chi connectivity index (χ1v) is 6.47. The lowest BCUT2D eigenvalue weighted by atomic mass is 10.1. The van der Waals surface area contributed by atoms with Crippen molar-refractivity contribution in [3.8, 4) is 0 Å². The molecule has 0 fully saturated rings. The fourth-order valence-electron chi connectivity index (χ4n) is 1.10. The Kier molecular flexibility index (Phi) is 5.05.